The van der Waals surface area contributed by atoms with E-state index >= 15 is 0 Å². The molecule has 3 aromatic carbocycles. The molecular formula is C24H26N2O2S. The van der Waals surface area contributed by atoms with E-state index in [1.54, 1.807) is 11.8 Å². The van der Waals surface area contributed by atoms with E-state index in [2.05, 4.69) is 10.6 Å². The lowest BCUT2D eigenvalue weighted by Gasteiger charge is -2.22. The van der Waals surface area contributed by atoms with Gasteiger partial charge in [0.2, 0.25) is 11.8 Å². The van der Waals surface area contributed by atoms with Crippen LogP contribution in [0, 0.1) is 5.92 Å². The van der Waals surface area contributed by atoms with Gasteiger partial charge in [-0.1, -0.05) is 62.4 Å². The monoisotopic (exact) mass is 406 g/mol. The van der Waals surface area contributed by atoms with Crippen LogP contribution in [0.25, 0.3) is 10.8 Å². The van der Waals surface area contributed by atoms with Gasteiger partial charge in [-0.25, -0.2) is 0 Å². The highest BCUT2D eigenvalue weighted by Crippen LogP contribution is 2.20. The molecule has 0 spiro atoms. The second-order valence-corrected chi connectivity index (χ2v) is 8.21. The molecule has 0 heterocycles. The zero-order valence-electron chi connectivity index (χ0n) is 16.9. The average Bonchev–Trinajstić information content (AvgIpc) is 2.72. The van der Waals surface area contributed by atoms with Gasteiger partial charge < -0.3 is 10.6 Å². The van der Waals surface area contributed by atoms with Crippen LogP contribution in [-0.4, -0.2) is 24.1 Å². The number of fused-ring (bicyclic) bond motifs is 1. The van der Waals surface area contributed by atoms with Gasteiger partial charge in [0.15, 0.2) is 0 Å². The summed E-state index contributed by atoms with van der Waals surface area (Å²) in [5.74, 6) is -0.396. The Kier molecular flexibility index (Phi) is 6.94. The van der Waals surface area contributed by atoms with Gasteiger partial charge in [-0.3, -0.25) is 9.59 Å². The standard InChI is InChI=1S/C24H26N2O2S/c1-16(2)23(24(28)25-19-11-7-12-20(15-19)29-3)26-22(27)14-18-10-6-9-17-8-4-5-13-21(17)18/h4-13,15-16,23H,14H2,1-3H3,(H,25,28)(H,26,27)/t23-/m0/s1. The molecule has 0 saturated heterocycles. The fourth-order valence-corrected chi connectivity index (χ4v) is 3.76. The van der Waals surface area contributed by atoms with Gasteiger partial charge in [0.05, 0.1) is 6.42 Å². The third-order valence-electron chi connectivity index (χ3n) is 4.83. The summed E-state index contributed by atoms with van der Waals surface area (Å²) in [6, 6.07) is 21.0. The molecule has 2 amide bonds. The van der Waals surface area contributed by atoms with E-state index in [0.29, 0.717) is 0 Å². The molecule has 1 atom stereocenters. The van der Waals surface area contributed by atoms with Crippen molar-refractivity contribution in [3.63, 3.8) is 0 Å². The lowest BCUT2D eigenvalue weighted by molar-refractivity contribution is -0.127. The molecule has 3 rings (SSSR count). The van der Waals surface area contributed by atoms with Crippen molar-refractivity contribution in [1.29, 1.82) is 0 Å². The Morgan fingerprint density at radius 3 is 2.45 bits per heavy atom. The molecule has 0 unspecified atom stereocenters. The molecule has 0 saturated carbocycles. The first-order chi connectivity index (χ1) is 14.0. The minimum absolute atomic E-state index is 0.0322. The molecule has 0 radical (unpaired) electrons. The number of nitrogens with one attached hydrogen (secondary N) is 2. The van der Waals surface area contributed by atoms with Gasteiger partial charge >= 0.3 is 0 Å². The Bertz CT molecular complexity index is 1010. The first-order valence-electron chi connectivity index (χ1n) is 9.69. The van der Waals surface area contributed by atoms with Crippen molar-refractivity contribution in [3.8, 4) is 0 Å². The molecule has 0 aliphatic carbocycles. The van der Waals surface area contributed by atoms with Crippen molar-refractivity contribution in [3.05, 3.63) is 72.3 Å². The van der Waals surface area contributed by atoms with Crippen LogP contribution in [0.4, 0.5) is 5.69 Å². The lowest BCUT2D eigenvalue weighted by Crippen LogP contribution is -2.47. The highest BCUT2D eigenvalue weighted by Gasteiger charge is 2.24. The molecule has 0 aliphatic heterocycles. The maximum Gasteiger partial charge on any atom is 0.247 e. The molecule has 29 heavy (non-hydrogen) atoms. The van der Waals surface area contributed by atoms with E-state index in [9.17, 15) is 9.59 Å². The Hall–Kier alpha value is -2.79. The summed E-state index contributed by atoms with van der Waals surface area (Å²) in [6.07, 6.45) is 2.23. The van der Waals surface area contributed by atoms with Crippen LogP contribution >= 0.6 is 11.8 Å². The zero-order valence-corrected chi connectivity index (χ0v) is 17.8. The average molecular weight is 407 g/mol. The van der Waals surface area contributed by atoms with Gasteiger partial charge in [-0.05, 0) is 46.7 Å². The van der Waals surface area contributed by atoms with Crippen molar-refractivity contribution in [1.82, 2.24) is 5.32 Å². The quantitative estimate of drug-likeness (QED) is 0.550. The number of anilines is 1. The summed E-state index contributed by atoms with van der Waals surface area (Å²) in [6.45, 7) is 3.86. The van der Waals surface area contributed by atoms with Crippen LogP contribution in [0.2, 0.25) is 0 Å². The van der Waals surface area contributed by atoms with Crippen LogP contribution in [0.5, 0.6) is 0 Å². The number of hydrogen-bond donors (Lipinski definition) is 2. The number of thioether (sulfide) groups is 1. The molecule has 0 bridgehead atoms. The number of amides is 2. The highest BCUT2D eigenvalue weighted by atomic mass is 32.2. The van der Waals surface area contributed by atoms with Crippen LogP contribution in [0.15, 0.2) is 71.6 Å². The largest absolute Gasteiger partial charge is 0.344 e. The third-order valence-corrected chi connectivity index (χ3v) is 5.56. The van der Waals surface area contributed by atoms with Crippen molar-refractivity contribution in [2.24, 2.45) is 5.92 Å². The van der Waals surface area contributed by atoms with Crippen LogP contribution in [-0.2, 0) is 16.0 Å². The van der Waals surface area contributed by atoms with Crippen LogP contribution < -0.4 is 10.6 Å². The first kappa shape index (κ1) is 20.9. The van der Waals surface area contributed by atoms with Crippen LogP contribution in [0.3, 0.4) is 0 Å². The second-order valence-electron chi connectivity index (χ2n) is 7.33. The Morgan fingerprint density at radius 2 is 1.69 bits per heavy atom. The summed E-state index contributed by atoms with van der Waals surface area (Å²) >= 11 is 1.62. The van der Waals surface area contributed by atoms with E-state index in [-0.39, 0.29) is 24.2 Å². The summed E-state index contributed by atoms with van der Waals surface area (Å²) in [5, 5.41) is 8.01. The molecule has 0 aromatic heterocycles. The molecule has 2 N–H and O–H groups in total. The lowest BCUT2D eigenvalue weighted by atomic mass is 10.00. The maximum absolute atomic E-state index is 12.8. The Morgan fingerprint density at radius 1 is 0.966 bits per heavy atom. The fourth-order valence-electron chi connectivity index (χ4n) is 3.30. The first-order valence-corrected chi connectivity index (χ1v) is 10.9. The van der Waals surface area contributed by atoms with Gasteiger partial charge in [-0.2, -0.15) is 0 Å². The SMILES string of the molecule is CSc1cccc(NC(=O)[C@@H](NC(=O)Cc2cccc3ccccc23)C(C)C)c1. The van der Waals surface area contributed by atoms with E-state index in [1.165, 1.54) is 0 Å². The zero-order chi connectivity index (χ0) is 20.8. The minimum atomic E-state index is -0.601. The third kappa shape index (κ3) is 5.39. The predicted octanol–water partition coefficient (Wildman–Crippen LogP) is 4.88. The topological polar surface area (TPSA) is 58.2 Å². The van der Waals surface area contributed by atoms with Gasteiger partial charge in [0.1, 0.15) is 6.04 Å². The number of carbonyl (C=O) groups excluding carboxylic acids is 2. The van der Waals surface area contributed by atoms with Crippen molar-refractivity contribution in [2.75, 3.05) is 11.6 Å². The molecule has 150 valence electrons. The Labute approximate surface area is 176 Å². The summed E-state index contributed by atoms with van der Waals surface area (Å²) < 4.78 is 0. The molecule has 3 aromatic rings. The van der Waals surface area contributed by atoms with E-state index in [1.807, 2.05) is 86.8 Å². The second kappa shape index (κ2) is 9.61. The summed E-state index contributed by atoms with van der Waals surface area (Å²) in [4.78, 5) is 26.6. The Balaban J connectivity index is 1.70. The number of carbonyl (C=O) groups is 2. The van der Waals surface area contributed by atoms with Gasteiger partial charge in [-0.15, -0.1) is 11.8 Å². The van der Waals surface area contributed by atoms with Crippen molar-refractivity contribution >= 4 is 40.0 Å². The highest BCUT2D eigenvalue weighted by molar-refractivity contribution is 7.98. The number of hydrogen-bond acceptors (Lipinski definition) is 3. The van der Waals surface area contributed by atoms with E-state index in [4.69, 9.17) is 0 Å². The molecule has 4 nitrogen and oxygen atoms in total. The molecule has 0 aliphatic rings. The minimum Gasteiger partial charge on any atom is -0.344 e. The number of benzene rings is 3. The molecule has 0 fully saturated rings. The smallest absolute Gasteiger partial charge is 0.247 e. The van der Waals surface area contributed by atoms with E-state index in [0.717, 1.165) is 26.9 Å². The fraction of sp³-hybridized carbons (Fsp3) is 0.250. The van der Waals surface area contributed by atoms with Crippen molar-refractivity contribution in [2.45, 2.75) is 31.2 Å². The molecular weight excluding hydrogens is 380 g/mol. The van der Waals surface area contributed by atoms with E-state index < -0.39 is 6.04 Å². The van der Waals surface area contributed by atoms with Gasteiger partial charge in [0, 0.05) is 10.6 Å². The van der Waals surface area contributed by atoms with Gasteiger partial charge in [0.25, 0.3) is 0 Å². The van der Waals surface area contributed by atoms with Crippen molar-refractivity contribution < 1.29 is 9.59 Å². The van der Waals surface area contributed by atoms with Crippen LogP contribution in [0.1, 0.15) is 19.4 Å². The number of rotatable bonds is 7. The normalized spacial score (nSPS) is 12.0. The predicted molar refractivity (Wildman–Crippen MR) is 121 cm³/mol. The summed E-state index contributed by atoms with van der Waals surface area (Å²) in [7, 11) is 0. The maximum atomic E-state index is 12.8. The molecule has 5 heteroatoms. The summed E-state index contributed by atoms with van der Waals surface area (Å²) in [5.41, 5.74) is 1.69.